The molecule has 0 aromatic carbocycles. The van der Waals surface area contributed by atoms with Crippen molar-refractivity contribution in [3.05, 3.63) is 0 Å². The van der Waals surface area contributed by atoms with Crippen LogP contribution in [0.5, 0.6) is 0 Å². The minimum absolute atomic E-state index is 0. The van der Waals surface area contributed by atoms with Crippen molar-refractivity contribution in [3.63, 3.8) is 0 Å². The van der Waals surface area contributed by atoms with Gasteiger partial charge >= 0.3 is 36.3 Å². The molecular weight excluding hydrogens is 1180 g/mol. The molecule has 12 aliphatic rings. The topological polar surface area (TPSA) is 19.4 Å². The fourth-order valence-corrected chi connectivity index (χ4v) is 17.2. The average molecular weight is 1220 g/mol. The summed E-state index contributed by atoms with van der Waals surface area (Å²) < 4.78 is 3.93. The Bertz CT molecular complexity index is 601. The Kier molecular flexibility index (Phi) is 14.6. The number of quaternary nitrogens is 3. The zero-order valence-corrected chi connectivity index (χ0v) is 36.4. The molecule has 6 unspecified atom stereocenters. The molecule has 12 bridgehead atoms. The molecule has 9 nitrogen and oxygen atoms in total. The van der Waals surface area contributed by atoms with Gasteiger partial charge in [0.1, 0.15) is 58.9 Å². The van der Waals surface area contributed by atoms with Crippen molar-refractivity contribution in [2.45, 2.75) is 0 Å². The van der Waals surface area contributed by atoms with Gasteiger partial charge in [-0.3, -0.25) is 13.4 Å². The predicted octanol–water partition coefficient (Wildman–Crippen LogP) is -7.19. The second-order valence-corrected chi connectivity index (χ2v) is 20.0. The van der Waals surface area contributed by atoms with Gasteiger partial charge in [-0.15, -0.1) is 0 Å². The zero-order valence-electron chi connectivity index (χ0n) is 22.9. The van der Waals surface area contributed by atoms with E-state index in [0.29, 0.717) is 23.8 Å². The van der Waals surface area contributed by atoms with E-state index >= 15 is 0 Å². The van der Waals surface area contributed by atoms with Gasteiger partial charge in [0.15, 0.2) is 0 Å². The monoisotopic (exact) mass is 1220 g/mol. The molecule has 0 amide bonds. The van der Waals surface area contributed by atoms with Gasteiger partial charge in [0.05, 0.1) is 41.1 Å². The van der Waals surface area contributed by atoms with Crippen molar-refractivity contribution in [2.24, 2.45) is 0 Å². The Hall–Kier alpha value is 4.59. The summed E-state index contributed by atoms with van der Waals surface area (Å²) in [6.07, 6.45) is 13.0. The fraction of sp³-hybridized carbons (Fsp3) is 1.00. The van der Waals surface area contributed by atoms with Crippen LogP contribution in [-0.4, -0.2) is 181 Å². The number of rotatable bonds is 0. The summed E-state index contributed by atoms with van der Waals surface area (Å²) in [5.41, 5.74) is 0. The quantitative estimate of drug-likeness (QED) is 0.104. The molecule has 0 aromatic rings. The van der Waals surface area contributed by atoms with Crippen molar-refractivity contribution in [2.75, 3.05) is 138 Å². The Morgan fingerprint density at radius 2 is 0.632 bits per heavy atom. The SMILES string of the molecule is C[N+]12CN3CN(CP(C3)C1)C2.C[N+]12CN3CN(CP(C3)C1)C2.C[N+]12CN3CN(CP(C3)C1)C2.[I-].[I-].[I-].[I][Au]. The van der Waals surface area contributed by atoms with Gasteiger partial charge in [0.25, 0.3) is 0 Å². The minimum atomic E-state index is 0. The summed E-state index contributed by atoms with van der Waals surface area (Å²) in [4.78, 5) is 15.8. The Labute approximate surface area is 308 Å². The van der Waals surface area contributed by atoms with Crippen LogP contribution in [0.1, 0.15) is 0 Å². The molecule has 0 spiro atoms. The first kappa shape index (κ1) is 37.1. The van der Waals surface area contributed by atoms with Crippen molar-refractivity contribution in [1.82, 2.24) is 29.4 Å². The Morgan fingerprint density at radius 3 is 0.763 bits per heavy atom. The van der Waals surface area contributed by atoms with Crippen LogP contribution in [0.3, 0.4) is 0 Å². The third-order valence-corrected chi connectivity index (χ3v) is 16.5. The van der Waals surface area contributed by atoms with Gasteiger partial charge < -0.3 is 71.9 Å². The summed E-state index contributed by atoms with van der Waals surface area (Å²) >= 11 is 4.34. The first-order chi connectivity index (χ1) is 16.7. The fourth-order valence-electron chi connectivity index (χ4n) is 8.50. The van der Waals surface area contributed by atoms with Crippen LogP contribution in [0, 0.1) is 0 Å². The first-order valence-corrected chi connectivity index (χ1v) is 24.7. The molecule has 12 fully saturated rings. The average Bonchev–Trinajstić information content (AvgIpc) is 2.71. The number of nitrogens with zero attached hydrogens (tertiary/aromatic N) is 9. The van der Waals surface area contributed by atoms with E-state index in [-0.39, 0.29) is 71.9 Å². The molecule has 6 atom stereocenters. The molecule has 0 radical (unpaired) electrons. The van der Waals surface area contributed by atoms with Gasteiger partial charge in [-0.05, 0) is 23.8 Å². The molecule has 12 aliphatic heterocycles. The van der Waals surface area contributed by atoms with Crippen molar-refractivity contribution in [1.29, 1.82) is 0 Å². The molecule has 0 saturated carbocycles. The number of hydrogen-bond donors (Lipinski definition) is 0. The Morgan fingerprint density at radius 1 is 0.447 bits per heavy atom. The van der Waals surface area contributed by atoms with Crippen LogP contribution in [0.15, 0.2) is 0 Å². The molecule has 17 heteroatoms. The second-order valence-electron chi connectivity index (χ2n) is 13.4. The molecule has 12 heterocycles. The first-order valence-electron chi connectivity index (χ1n) is 12.8. The Balaban J connectivity index is 0.000000147. The van der Waals surface area contributed by atoms with E-state index in [1.54, 1.807) is 0 Å². The summed E-state index contributed by atoms with van der Waals surface area (Å²) in [7, 11) is 8.32. The summed E-state index contributed by atoms with van der Waals surface area (Å²) in [5, 5.41) is 0. The van der Waals surface area contributed by atoms with E-state index in [9.17, 15) is 0 Å². The molecule has 0 aromatic heterocycles. The molecule has 0 N–H and O–H groups in total. The van der Waals surface area contributed by atoms with Crippen LogP contribution in [0.2, 0.25) is 0 Å². The molecule has 228 valence electrons. The zero-order chi connectivity index (χ0) is 24.4. The molecule has 38 heavy (non-hydrogen) atoms. The standard InChI is InChI=1S/3C7H15N3P.Au.4HI/c3*1-10-3-8-2-9(4-10)6-11(5-8)7-10;;;;;/h3*2-7H2,1H3;;4*1H/q4*+1;;;;/p-4. The molecule has 12 rings (SSSR count). The van der Waals surface area contributed by atoms with E-state index in [0.717, 1.165) is 0 Å². The van der Waals surface area contributed by atoms with Crippen molar-refractivity contribution in [3.8, 4) is 0 Å². The van der Waals surface area contributed by atoms with Crippen LogP contribution in [-0.2, 0) is 17.3 Å². The molecular formula is C21H45AuI4N9P3. The second kappa shape index (κ2) is 15.0. The predicted molar refractivity (Wildman–Crippen MR) is 152 cm³/mol. The molecule has 12 saturated heterocycles. The molecule has 0 aliphatic carbocycles. The van der Waals surface area contributed by atoms with Crippen molar-refractivity contribution < 1.29 is 103 Å². The van der Waals surface area contributed by atoms with E-state index in [2.05, 4.69) is 86.8 Å². The third-order valence-electron chi connectivity index (χ3n) is 8.47. The number of halogens is 4. The van der Waals surface area contributed by atoms with E-state index in [1.807, 2.05) is 0 Å². The van der Waals surface area contributed by atoms with Gasteiger partial charge in [0.2, 0.25) is 0 Å². The van der Waals surface area contributed by atoms with E-state index < -0.39 is 0 Å². The normalized spacial score (nSPS) is 52.5. The van der Waals surface area contributed by atoms with Gasteiger partial charge in [-0.25, -0.2) is 29.4 Å². The van der Waals surface area contributed by atoms with Crippen LogP contribution < -0.4 is 71.9 Å². The van der Waals surface area contributed by atoms with E-state index in [4.69, 9.17) is 0 Å². The van der Waals surface area contributed by atoms with Gasteiger partial charge in [-0.2, -0.15) is 0 Å². The third kappa shape index (κ3) is 8.68. The maximum absolute atomic E-state index is 2.63. The van der Waals surface area contributed by atoms with Gasteiger partial charge in [-0.1, -0.05) is 0 Å². The maximum atomic E-state index is 2.63. The van der Waals surface area contributed by atoms with Crippen LogP contribution in [0.4, 0.5) is 0 Å². The van der Waals surface area contributed by atoms with Gasteiger partial charge in [0, 0.05) is 37.7 Å². The number of hydrogen-bond acceptors (Lipinski definition) is 6. The summed E-state index contributed by atoms with van der Waals surface area (Å²) in [6.45, 7) is 11.7. The van der Waals surface area contributed by atoms with E-state index in [1.165, 1.54) is 130 Å². The summed E-state index contributed by atoms with van der Waals surface area (Å²) in [5.74, 6) is 0. The van der Waals surface area contributed by atoms with Crippen LogP contribution in [0.25, 0.3) is 0 Å². The van der Waals surface area contributed by atoms with Crippen molar-refractivity contribution >= 4 is 42.8 Å². The van der Waals surface area contributed by atoms with Crippen LogP contribution >= 0.6 is 42.8 Å². The summed E-state index contributed by atoms with van der Waals surface area (Å²) in [6, 6.07) is 0.